The van der Waals surface area contributed by atoms with Crippen LogP contribution in [0.5, 0.6) is 0 Å². The highest BCUT2D eigenvalue weighted by atomic mass is 16.4. The summed E-state index contributed by atoms with van der Waals surface area (Å²) in [6, 6.07) is 4.78. The van der Waals surface area contributed by atoms with E-state index in [-0.39, 0.29) is 29.6 Å². The first-order valence-corrected chi connectivity index (χ1v) is 10.8. The number of aliphatic carboxylic acids is 1. The highest BCUT2D eigenvalue weighted by molar-refractivity contribution is 5.99. The average molecular weight is 397 g/mol. The van der Waals surface area contributed by atoms with Gasteiger partial charge in [-0.3, -0.25) is 9.36 Å². The SMILES string of the molecule is O=C(O)C1CC2CCCCC2N1C(=O)c1ccc2c(c1)[nH]c(=O)n2C1CCCC1. The van der Waals surface area contributed by atoms with E-state index < -0.39 is 12.0 Å². The van der Waals surface area contributed by atoms with Crippen LogP contribution in [0.25, 0.3) is 11.0 Å². The Morgan fingerprint density at radius 2 is 1.76 bits per heavy atom. The van der Waals surface area contributed by atoms with E-state index in [0.29, 0.717) is 17.5 Å². The lowest BCUT2D eigenvalue weighted by molar-refractivity contribution is -0.141. The summed E-state index contributed by atoms with van der Waals surface area (Å²) in [6.07, 6.45) is 8.83. The molecule has 154 valence electrons. The van der Waals surface area contributed by atoms with Crippen LogP contribution in [0.4, 0.5) is 0 Å². The molecule has 29 heavy (non-hydrogen) atoms. The number of hydrogen-bond acceptors (Lipinski definition) is 3. The molecule has 1 aliphatic heterocycles. The molecule has 1 saturated heterocycles. The number of carbonyl (C=O) groups excluding carboxylic acids is 1. The van der Waals surface area contributed by atoms with Gasteiger partial charge >= 0.3 is 11.7 Å². The summed E-state index contributed by atoms with van der Waals surface area (Å²) in [4.78, 5) is 42.3. The van der Waals surface area contributed by atoms with Crippen molar-refractivity contribution in [2.75, 3.05) is 0 Å². The molecule has 2 heterocycles. The fourth-order valence-electron chi connectivity index (χ4n) is 5.91. The van der Waals surface area contributed by atoms with Crippen LogP contribution in [0.3, 0.4) is 0 Å². The van der Waals surface area contributed by atoms with Crippen molar-refractivity contribution in [1.29, 1.82) is 0 Å². The number of imidazole rings is 1. The van der Waals surface area contributed by atoms with Crippen molar-refractivity contribution in [2.45, 2.75) is 75.9 Å². The van der Waals surface area contributed by atoms with Crippen molar-refractivity contribution in [1.82, 2.24) is 14.5 Å². The molecular formula is C22H27N3O4. The summed E-state index contributed by atoms with van der Waals surface area (Å²) in [5.74, 6) is -0.876. The molecule has 3 aliphatic rings. The van der Waals surface area contributed by atoms with Crippen LogP contribution >= 0.6 is 0 Å². The van der Waals surface area contributed by atoms with Crippen LogP contribution in [0.1, 0.15) is 74.2 Å². The molecule has 3 atom stereocenters. The number of hydrogen-bond donors (Lipinski definition) is 2. The first-order valence-electron chi connectivity index (χ1n) is 10.8. The molecule has 2 aromatic rings. The Hall–Kier alpha value is -2.57. The van der Waals surface area contributed by atoms with Gasteiger partial charge in [0.25, 0.3) is 5.91 Å². The number of carboxylic acids is 1. The minimum atomic E-state index is -0.922. The maximum atomic E-state index is 13.4. The lowest BCUT2D eigenvalue weighted by Gasteiger charge is -2.33. The van der Waals surface area contributed by atoms with Gasteiger partial charge in [-0.2, -0.15) is 0 Å². The number of nitrogens with zero attached hydrogens (tertiary/aromatic N) is 2. The lowest BCUT2D eigenvalue weighted by atomic mass is 9.84. The Bertz CT molecular complexity index is 1020. The number of aromatic nitrogens is 2. The zero-order valence-electron chi connectivity index (χ0n) is 16.5. The number of rotatable bonds is 3. The molecule has 7 nitrogen and oxygen atoms in total. The highest BCUT2D eigenvalue weighted by Gasteiger charge is 2.47. The molecule has 1 aromatic carbocycles. The average Bonchev–Trinajstić information content (AvgIpc) is 3.42. The molecule has 1 amide bonds. The van der Waals surface area contributed by atoms with Crippen molar-refractivity contribution < 1.29 is 14.7 Å². The van der Waals surface area contributed by atoms with Gasteiger partial charge in [-0.05, 0) is 56.2 Å². The second-order valence-corrected chi connectivity index (χ2v) is 8.88. The summed E-state index contributed by atoms with van der Waals surface area (Å²) in [5.41, 5.74) is 1.80. The number of likely N-dealkylation sites (tertiary alicyclic amines) is 1. The Balaban J connectivity index is 1.50. The molecule has 0 radical (unpaired) electrons. The van der Waals surface area contributed by atoms with Gasteiger partial charge in [-0.1, -0.05) is 25.7 Å². The Labute approximate surface area is 168 Å². The van der Waals surface area contributed by atoms with Crippen LogP contribution in [-0.2, 0) is 4.79 Å². The molecule has 7 heteroatoms. The molecule has 2 N–H and O–H groups in total. The third-order valence-electron chi connectivity index (χ3n) is 7.26. The van der Waals surface area contributed by atoms with E-state index in [4.69, 9.17) is 0 Å². The summed E-state index contributed by atoms with van der Waals surface area (Å²) in [5, 5.41) is 9.71. The van der Waals surface area contributed by atoms with Crippen molar-refractivity contribution in [3.05, 3.63) is 34.2 Å². The number of carboxylic acid groups (broad SMARTS) is 1. The molecular weight excluding hydrogens is 370 g/mol. The number of carbonyl (C=O) groups is 2. The minimum absolute atomic E-state index is 0.00943. The van der Waals surface area contributed by atoms with Gasteiger partial charge in [0, 0.05) is 17.6 Å². The first-order chi connectivity index (χ1) is 14.0. The number of H-pyrrole nitrogens is 1. The minimum Gasteiger partial charge on any atom is -0.480 e. The number of fused-ring (bicyclic) bond motifs is 2. The molecule has 0 bridgehead atoms. The molecule has 3 fully saturated rings. The quantitative estimate of drug-likeness (QED) is 0.831. The predicted octanol–water partition coefficient (Wildman–Crippen LogP) is 3.30. The zero-order chi connectivity index (χ0) is 20.1. The van der Waals surface area contributed by atoms with E-state index in [0.717, 1.165) is 56.9 Å². The third-order valence-corrected chi connectivity index (χ3v) is 7.26. The molecule has 2 aliphatic carbocycles. The van der Waals surface area contributed by atoms with Crippen molar-refractivity contribution in [2.24, 2.45) is 5.92 Å². The standard InChI is InChI=1S/C22H27N3O4/c26-20(25-17-8-4-1-5-13(17)12-19(25)21(27)28)14-9-10-18-16(11-14)23-22(29)24(18)15-6-2-3-7-15/h9-11,13,15,17,19H,1-8,12H2,(H,23,29)(H,27,28). The molecule has 3 unspecified atom stereocenters. The summed E-state index contributed by atoms with van der Waals surface area (Å²) >= 11 is 0. The van der Waals surface area contributed by atoms with E-state index in [2.05, 4.69) is 4.98 Å². The van der Waals surface area contributed by atoms with Crippen LogP contribution in [-0.4, -0.2) is 43.5 Å². The molecule has 2 saturated carbocycles. The van der Waals surface area contributed by atoms with E-state index in [1.165, 1.54) is 0 Å². The van der Waals surface area contributed by atoms with E-state index >= 15 is 0 Å². The van der Waals surface area contributed by atoms with Gasteiger partial charge in [0.05, 0.1) is 11.0 Å². The third kappa shape index (κ3) is 2.98. The summed E-state index contributed by atoms with van der Waals surface area (Å²) < 4.78 is 1.82. The maximum Gasteiger partial charge on any atom is 0.326 e. The number of amides is 1. The summed E-state index contributed by atoms with van der Waals surface area (Å²) in [6.45, 7) is 0. The van der Waals surface area contributed by atoms with E-state index in [9.17, 15) is 19.5 Å². The number of aromatic amines is 1. The molecule has 1 aromatic heterocycles. The van der Waals surface area contributed by atoms with E-state index in [1.54, 1.807) is 17.0 Å². The zero-order valence-corrected chi connectivity index (χ0v) is 16.5. The van der Waals surface area contributed by atoms with Gasteiger partial charge in [-0.25, -0.2) is 9.59 Å². The second kappa shape index (κ2) is 7.04. The van der Waals surface area contributed by atoms with Crippen molar-refractivity contribution in [3.63, 3.8) is 0 Å². The first kappa shape index (κ1) is 18.5. The van der Waals surface area contributed by atoms with Crippen LogP contribution in [0.2, 0.25) is 0 Å². The van der Waals surface area contributed by atoms with Gasteiger partial charge in [-0.15, -0.1) is 0 Å². The van der Waals surface area contributed by atoms with Gasteiger partial charge in [0.1, 0.15) is 6.04 Å². The topological polar surface area (TPSA) is 95.4 Å². The number of nitrogens with one attached hydrogen (secondary N) is 1. The lowest BCUT2D eigenvalue weighted by Crippen LogP contribution is -2.46. The van der Waals surface area contributed by atoms with Crippen molar-refractivity contribution in [3.8, 4) is 0 Å². The fraction of sp³-hybridized carbons (Fsp3) is 0.591. The maximum absolute atomic E-state index is 13.4. The predicted molar refractivity (Wildman–Crippen MR) is 108 cm³/mol. The Morgan fingerprint density at radius 3 is 2.52 bits per heavy atom. The largest absolute Gasteiger partial charge is 0.480 e. The summed E-state index contributed by atoms with van der Waals surface area (Å²) in [7, 11) is 0. The van der Waals surface area contributed by atoms with Crippen LogP contribution in [0.15, 0.2) is 23.0 Å². The van der Waals surface area contributed by atoms with Gasteiger partial charge in [0.15, 0.2) is 0 Å². The monoisotopic (exact) mass is 397 g/mol. The van der Waals surface area contributed by atoms with Crippen LogP contribution < -0.4 is 5.69 Å². The Kier molecular flexibility index (Phi) is 4.48. The van der Waals surface area contributed by atoms with E-state index in [1.807, 2.05) is 10.6 Å². The highest BCUT2D eigenvalue weighted by Crippen LogP contribution is 2.40. The van der Waals surface area contributed by atoms with Gasteiger partial charge < -0.3 is 15.0 Å². The second-order valence-electron chi connectivity index (χ2n) is 8.88. The number of benzene rings is 1. The molecule has 0 spiro atoms. The van der Waals surface area contributed by atoms with Crippen molar-refractivity contribution >= 4 is 22.9 Å². The van der Waals surface area contributed by atoms with Crippen LogP contribution in [0, 0.1) is 5.92 Å². The smallest absolute Gasteiger partial charge is 0.326 e. The Morgan fingerprint density at radius 1 is 1.03 bits per heavy atom. The molecule has 5 rings (SSSR count). The normalized spacial score (nSPS) is 27.4. The fourth-order valence-corrected chi connectivity index (χ4v) is 5.91. The van der Waals surface area contributed by atoms with Gasteiger partial charge in [0.2, 0.25) is 0 Å².